The van der Waals surface area contributed by atoms with Crippen molar-refractivity contribution in [1.29, 1.82) is 0 Å². The van der Waals surface area contributed by atoms with Gasteiger partial charge in [-0.05, 0) is 54.6 Å². The van der Waals surface area contributed by atoms with Gasteiger partial charge in [-0.2, -0.15) is 0 Å². The summed E-state index contributed by atoms with van der Waals surface area (Å²) < 4.78 is 11.0. The first-order chi connectivity index (χ1) is 10.1. The molecule has 0 fully saturated rings. The number of rotatable bonds is 11. The predicted octanol–water partition coefficient (Wildman–Crippen LogP) is 1.63. The molecule has 0 aliphatic rings. The predicted molar refractivity (Wildman–Crippen MR) is 86.7 cm³/mol. The second kappa shape index (κ2) is 9.79. The fourth-order valence-corrected chi connectivity index (χ4v) is 1.88. The number of esters is 2. The van der Waals surface area contributed by atoms with E-state index in [0.29, 0.717) is 38.8 Å². The minimum Gasteiger partial charge on any atom is -0.460 e. The van der Waals surface area contributed by atoms with Gasteiger partial charge in [-0.1, -0.05) is 0 Å². The van der Waals surface area contributed by atoms with E-state index in [9.17, 15) is 9.59 Å². The van der Waals surface area contributed by atoms with Gasteiger partial charge < -0.3 is 20.1 Å². The lowest BCUT2D eigenvalue weighted by Gasteiger charge is -2.31. The van der Waals surface area contributed by atoms with E-state index in [1.807, 2.05) is 27.7 Å². The van der Waals surface area contributed by atoms with Crippen LogP contribution in [0.5, 0.6) is 0 Å². The molecule has 0 rings (SSSR count). The molecule has 0 aromatic rings. The lowest BCUT2D eigenvalue weighted by atomic mass is 9.93. The van der Waals surface area contributed by atoms with Crippen molar-refractivity contribution in [3.8, 4) is 0 Å². The number of ether oxygens (including phenoxy) is 2. The molecular formula is C16H32N2O4. The summed E-state index contributed by atoms with van der Waals surface area (Å²) in [5, 5.41) is 5.83. The SMILES string of the molecule is CNCCC(=O)OC(C)(C)CCC(C)(C)OC(=O)CCNC. The molecule has 0 bridgehead atoms. The third kappa shape index (κ3) is 10.6. The molecule has 22 heavy (non-hydrogen) atoms. The maximum absolute atomic E-state index is 11.7. The lowest BCUT2D eigenvalue weighted by molar-refractivity contribution is -0.163. The molecular weight excluding hydrogens is 284 g/mol. The van der Waals surface area contributed by atoms with Crippen molar-refractivity contribution in [1.82, 2.24) is 10.6 Å². The molecule has 0 aromatic carbocycles. The maximum Gasteiger partial charge on any atom is 0.307 e. The Hall–Kier alpha value is -1.14. The Bertz CT molecular complexity index is 320. The van der Waals surface area contributed by atoms with Crippen LogP contribution in [0, 0.1) is 0 Å². The minimum atomic E-state index is -0.570. The molecule has 0 saturated carbocycles. The van der Waals surface area contributed by atoms with Crippen LogP contribution in [0.4, 0.5) is 0 Å². The van der Waals surface area contributed by atoms with Crippen molar-refractivity contribution < 1.29 is 19.1 Å². The Morgan fingerprint density at radius 3 is 1.36 bits per heavy atom. The Balaban J connectivity index is 4.25. The van der Waals surface area contributed by atoms with Crippen LogP contribution in [-0.4, -0.2) is 50.3 Å². The molecule has 0 saturated heterocycles. The summed E-state index contributed by atoms with van der Waals surface area (Å²) in [6.07, 6.45) is 1.96. The van der Waals surface area contributed by atoms with Gasteiger partial charge in [0, 0.05) is 13.1 Å². The molecule has 6 heteroatoms. The van der Waals surface area contributed by atoms with E-state index in [2.05, 4.69) is 10.6 Å². The largest absolute Gasteiger partial charge is 0.460 e. The molecule has 0 spiro atoms. The zero-order valence-corrected chi connectivity index (χ0v) is 14.9. The van der Waals surface area contributed by atoms with Gasteiger partial charge in [-0.25, -0.2) is 0 Å². The first-order valence-electron chi connectivity index (χ1n) is 7.85. The first kappa shape index (κ1) is 20.9. The molecule has 0 aliphatic carbocycles. The van der Waals surface area contributed by atoms with Crippen molar-refractivity contribution in [3.63, 3.8) is 0 Å². The highest BCUT2D eigenvalue weighted by molar-refractivity contribution is 5.70. The van der Waals surface area contributed by atoms with Gasteiger partial charge in [0.05, 0.1) is 12.8 Å². The quantitative estimate of drug-likeness (QED) is 0.564. The molecule has 6 nitrogen and oxygen atoms in total. The topological polar surface area (TPSA) is 76.7 Å². The van der Waals surface area contributed by atoms with Crippen molar-refractivity contribution >= 4 is 11.9 Å². The van der Waals surface area contributed by atoms with Crippen LogP contribution < -0.4 is 10.6 Å². The fourth-order valence-electron chi connectivity index (χ4n) is 1.88. The number of carbonyl (C=O) groups excluding carboxylic acids is 2. The van der Waals surface area contributed by atoms with Crippen molar-refractivity contribution in [2.24, 2.45) is 0 Å². The van der Waals surface area contributed by atoms with Gasteiger partial charge in [-0.15, -0.1) is 0 Å². The third-order valence-corrected chi connectivity index (χ3v) is 3.27. The zero-order chi connectivity index (χ0) is 17.2. The Labute approximate surface area is 134 Å². The third-order valence-electron chi connectivity index (χ3n) is 3.27. The molecule has 0 amide bonds. The monoisotopic (exact) mass is 316 g/mol. The second-order valence-corrected chi connectivity index (χ2v) is 6.67. The molecule has 0 radical (unpaired) electrons. The van der Waals surface area contributed by atoms with Gasteiger partial charge in [0.2, 0.25) is 0 Å². The molecule has 0 heterocycles. The summed E-state index contributed by atoms with van der Waals surface area (Å²) in [6, 6.07) is 0. The van der Waals surface area contributed by atoms with Crippen molar-refractivity contribution in [3.05, 3.63) is 0 Å². The van der Waals surface area contributed by atoms with Crippen LogP contribution in [0.25, 0.3) is 0 Å². The van der Waals surface area contributed by atoms with Gasteiger partial charge in [0.1, 0.15) is 11.2 Å². The van der Waals surface area contributed by atoms with Gasteiger partial charge in [0.15, 0.2) is 0 Å². The maximum atomic E-state index is 11.7. The van der Waals surface area contributed by atoms with E-state index >= 15 is 0 Å². The highest BCUT2D eigenvalue weighted by atomic mass is 16.6. The van der Waals surface area contributed by atoms with Crippen LogP contribution in [0.3, 0.4) is 0 Å². The summed E-state index contributed by atoms with van der Waals surface area (Å²) in [6.45, 7) is 8.71. The van der Waals surface area contributed by atoms with E-state index in [-0.39, 0.29) is 11.9 Å². The second-order valence-electron chi connectivity index (χ2n) is 6.67. The van der Waals surface area contributed by atoms with Crippen LogP contribution >= 0.6 is 0 Å². The summed E-state index contributed by atoms with van der Waals surface area (Å²) in [4.78, 5) is 23.4. The standard InChI is InChI=1S/C16H32N2O4/c1-15(2,21-13(19)7-11-17-5)9-10-16(3,4)22-14(20)8-12-18-6/h17-18H,7-12H2,1-6H3. The molecule has 0 atom stereocenters. The zero-order valence-electron chi connectivity index (χ0n) is 14.9. The molecule has 0 unspecified atom stereocenters. The summed E-state index contributed by atoms with van der Waals surface area (Å²) in [5.74, 6) is -0.439. The summed E-state index contributed by atoms with van der Waals surface area (Å²) in [7, 11) is 3.59. The van der Waals surface area contributed by atoms with E-state index in [1.54, 1.807) is 14.1 Å². The van der Waals surface area contributed by atoms with Gasteiger partial charge in [0.25, 0.3) is 0 Å². The van der Waals surface area contributed by atoms with E-state index in [1.165, 1.54) is 0 Å². The lowest BCUT2D eigenvalue weighted by Crippen LogP contribution is -2.35. The van der Waals surface area contributed by atoms with Crippen molar-refractivity contribution in [2.75, 3.05) is 27.2 Å². The first-order valence-corrected chi connectivity index (χ1v) is 7.85. The Morgan fingerprint density at radius 2 is 1.09 bits per heavy atom. The summed E-state index contributed by atoms with van der Waals surface area (Å²) in [5.41, 5.74) is -1.14. The van der Waals surface area contributed by atoms with E-state index in [4.69, 9.17) is 9.47 Å². The molecule has 130 valence electrons. The van der Waals surface area contributed by atoms with Gasteiger partial charge >= 0.3 is 11.9 Å². The highest BCUT2D eigenvalue weighted by Crippen LogP contribution is 2.25. The van der Waals surface area contributed by atoms with Crippen LogP contribution in [0.2, 0.25) is 0 Å². The highest BCUT2D eigenvalue weighted by Gasteiger charge is 2.29. The Morgan fingerprint density at radius 1 is 0.773 bits per heavy atom. The van der Waals surface area contributed by atoms with Crippen molar-refractivity contribution in [2.45, 2.75) is 64.6 Å². The number of hydrogen-bond donors (Lipinski definition) is 2. The van der Waals surface area contributed by atoms with Crippen LogP contribution in [0.15, 0.2) is 0 Å². The van der Waals surface area contributed by atoms with Crippen LogP contribution in [0.1, 0.15) is 53.4 Å². The van der Waals surface area contributed by atoms with Crippen LogP contribution in [-0.2, 0) is 19.1 Å². The Kier molecular flexibility index (Phi) is 9.28. The van der Waals surface area contributed by atoms with Gasteiger partial charge in [-0.3, -0.25) is 9.59 Å². The average molecular weight is 316 g/mol. The average Bonchev–Trinajstić information content (AvgIpc) is 2.40. The number of hydrogen-bond acceptors (Lipinski definition) is 6. The fraction of sp³-hybridized carbons (Fsp3) is 0.875. The number of carbonyl (C=O) groups is 2. The molecule has 0 aliphatic heterocycles. The normalized spacial score (nSPS) is 12.1. The number of nitrogens with one attached hydrogen (secondary N) is 2. The smallest absolute Gasteiger partial charge is 0.307 e. The van der Waals surface area contributed by atoms with E-state index < -0.39 is 11.2 Å². The minimum absolute atomic E-state index is 0.219. The summed E-state index contributed by atoms with van der Waals surface area (Å²) >= 11 is 0. The molecule has 2 N–H and O–H groups in total. The molecule has 0 aromatic heterocycles. The van der Waals surface area contributed by atoms with E-state index in [0.717, 1.165) is 0 Å².